The number of benzene rings is 1. The molecule has 1 saturated heterocycles. The lowest BCUT2D eigenvalue weighted by Gasteiger charge is -2.68. The molecule has 4 N–H and O–H groups in total. The van der Waals surface area contributed by atoms with Crippen LogP contribution in [0.1, 0.15) is 64.2 Å². The molecule has 3 fully saturated rings. The van der Waals surface area contributed by atoms with E-state index in [-0.39, 0.29) is 18.6 Å². The monoisotopic (exact) mass is 530 g/mol. The van der Waals surface area contributed by atoms with E-state index >= 15 is 0 Å². The first-order valence-electron chi connectivity index (χ1n) is 13.3. The molecular weight excluding hydrogens is 492 g/mol. The van der Waals surface area contributed by atoms with Crippen LogP contribution in [0.25, 0.3) is 0 Å². The Labute approximate surface area is 222 Å². The number of carbonyl (C=O) groups is 2. The van der Waals surface area contributed by atoms with Crippen molar-refractivity contribution in [2.24, 2.45) is 16.7 Å². The van der Waals surface area contributed by atoms with Crippen LogP contribution in [-0.4, -0.2) is 80.7 Å². The molecule has 1 aliphatic heterocycles. The van der Waals surface area contributed by atoms with Gasteiger partial charge in [-0.1, -0.05) is 39.0 Å². The van der Waals surface area contributed by atoms with Gasteiger partial charge >= 0.3 is 11.9 Å². The maximum Gasteiger partial charge on any atom is 0.338 e. The Morgan fingerprint density at radius 3 is 2.32 bits per heavy atom. The third-order valence-electron chi connectivity index (χ3n) is 10.0. The highest BCUT2D eigenvalue weighted by molar-refractivity contribution is 5.89. The summed E-state index contributed by atoms with van der Waals surface area (Å²) in [7, 11) is 0. The van der Waals surface area contributed by atoms with Gasteiger partial charge in [-0.15, -0.1) is 0 Å². The van der Waals surface area contributed by atoms with E-state index in [1.54, 1.807) is 58.0 Å². The molecule has 0 radical (unpaired) electrons. The van der Waals surface area contributed by atoms with Crippen molar-refractivity contribution in [3.05, 3.63) is 47.0 Å². The smallest absolute Gasteiger partial charge is 0.338 e. The molecule has 9 heteroatoms. The van der Waals surface area contributed by atoms with Crippen molar-refractivity contribution in [3.8, 4) is 0 Å². The number of ether oxygens (including phenoxy) is 3. The first-order valence-corrected chi connectivity index (χ1v) is 13.3. The van der Waals surface area contributed by atoms with Crippen molar-refractivity contribution in [1.82, 2.24) is 0 Å². The van der Waals surface area contributed by atoms with Crippen LogP contribution >= 0.6 is 0 Å². The van der Waals surface area contributed by atoms with Gasteiger partial charge in [0.05, 0.1) is 30.3 Å². The van der Waals surface area contributed by atoms with Crippen molar-refractivity contribution in [3.63, 3.8) is 0 Å². The predicted molar refractivity (Wildman–Crippen MR) is 135 cm³/mol. The largest absolute Gasteiger partial charge is 0.455 e. The molecule has 0 aromatic heterocycles. The zero-order valence-corrected chi connectivity index (χ0v) is 22.5. The molecule has 1 unspecified atom stereocenters. The lowest BCUT2D eigenvalue weighted by atomic mass is 9.45. The molecule has 3 aliphatic carbocycles. The highest BCUT2D eigenvalue weighted by Gasteiger charge is 2.75. The van der Waals surface area contributed by atoms with E-state index in [0.29, 0.717) is 24.0 Å². The van der Waals surface area contributed by atoms with E-state index in [2.05, 4.69) is 0 Å². The van der Waals surface area contributed by atoms with Crippen LogP contribution in [0.4, 0.5) is 0 Å². The van der Waals surface area contributed by atoms with Gasteiger partial charge in [0.1, 0.15) is 23.9 Å². The van der Waals surface area contributed by atoms with Crippen LogP contribution in [0.3, 0.4) is 0 Å². The quantitative estimate of drug-likeness (QED) is 0.340. The van der Waals surface area contributed by atoms with E-state index in [4.69, 9.17) is 14.2 Å². The second-order valence-electron chi connectivity index (χ2n) is 12.3. The Hall–Kier alpha value is -2.30. The maximum atomic E-state index is 13.6. The first-order chi connectivity index (χ1) is 17.7. The molecule has 4 aliphatic rings. The summed E-state index contributed by atoms with van der Waals surface area (Å²) in [5, 5.41) is 47.3. The molecule has 9 nitrogen and oxygen atoms in total. The van der Waals surface area contributed by atoms with Crippen LogP contribution in [-0.2, 0) is 19.0 Å². The topological polar surface area (TPSA) is 143 Å². The summed E-state index contributed by atoms with van der Waals surface area (Å²) in [5.41, 5.74) is -4.56. The van der Waals surface area contributed by atoms with Crippen molar-refractivity contribution in [1.29, 1.82) is 0 Å². The van der Waals surface area contributed by atoms with Crippen LogP contribution in [0.5, 0.6) is 0 Å². The zero-order chi connectivity index (χ0) is 27.8. The van der Waals surface area contributed by atoms with Gasteiger partial charge < -0.3 is 34.6 Å². The fourth-order valence-electron chi connectivity index (χ4n) is 7.90. The van der Waals surface area contributed by atoms with E-state index in [1.165, 1.54) is 6.92 Å². The SMILES string of the molecule is CC(=O)O[C@@]12CO[C@@H]1CC[C@@]1(C)C(O)[C@H](O)C3=C(C)[C@@H](O)C[C@@](O)([C@@H](OC(=O)c4ccccc4)[C@H]21)C3(C)C. The summed E-state index contributed by atoms with van der Waals surface area (Å²) < 4.78 is 18.0. The molecule has 2 saturated carbocycles. The minimum atomic E-state index is -1.90. The van der Waals surface area contributed by atoms with Crippen molar-refractivity contribution in [2.45, 2.75) is 95.6 Å². The Kier molecular flexibility index (Phi) is 6.36. The Morgan fingerprint density at radius 2 is 1.74 bits per heavy atom. The normalized spacial score (nSPS) is 43.5. The van der Waals surface area contributed by atoms with E-state index in [1.807, 2.05) is 0 Å². The molecule has 208 valence electrons. The van der Waals surface area contributed by atoms with Crippen LogP contribution < -0.4 is 0 Å². The second kappa shape index (κ2) is 8.86. The number of hydrogen-bond donors (Lipinski definition) is 4. The van der Waals surface area contributed by atoms with Gasteiger partial charge in [0.25, 0.3) is 0 Å². The number of aliphatic hydroxyl groups excluding tert-OH is 3. The second-order valence-corrected chi connectivity index (χ2v) is 12.3. The minimum Gasteiger partial charge on any atom is -0.455 e. The van der Waals surface area contributed by atoms with Gasteiger partial charge in [-0.2, -0.15) is 0 Å². The van der Waals surface area contributed by atoms with Crippen molar-refractivity contribution < 1.29 is 44.2 Å². The molecule has 1 aromatic rings. The summed E-state index contributed by atoms with van der Waals surface area (Å²) in [5.74, 6) is -2.22. The average Bonchev–Trinajstić information content (AvgIpc) is 2.84. The van der Waals surface area contributed by atoms with Gasteiger partial charge in [-0.05, 0) is 43.0 Å². The summed E-state index contributed by atoms with van der Waals surface area (Å²) >= 11 is 0. The summed E-state index contributed by atoms with van der Waals surface area (Å²) in [6, 6.07) is 8.36. The number of rotatable bonds is 3. The summed E-state index contributed by atoms with van der Waals surface area (Å²) in [6.45, 7) is 8.16. The first kappa shape index (κ1) is 27.3. The molecule has 0 spiro atoms. The van der Waals surface area contributed by atoms with E-state index < -0.39 is 70.4 Å². The zero-order valence-electron chi connectivity index (χ0n) is 22.5. The Bertz CT molecular complexity index is 1160. The molecule has 38 heavy (non-hydrogen) atoms. The standard InChI is InChI=1S/C29H38O9/c1-15-18(31)13-29(35)24(37-25(34)17-9-7-6-8-10-17)22-27(5,23(33)21(32)20(15)26(29,3)4)12-11-19-28(22,14-36-19)38-16(2)30/h6-10,18-19,21-24,31-33,35H,11-14H2,1-5H3/t18-,19+,21+,22-,23?,24-,27+,28-,29+/m0/s1. The highest BCUT2D eigenvalue weighted by atomic mass is 16.6. The Morgan fingerprint density at radius 1 is 1.08 bits per heavy atom. The minimum absolute atomic E-state index is 0.0134. The maximum absolute atomic E-state index is 13.6. The number of aliphatic hydroxyl groups is 4. The third-order valence-corrected chi connectivity index (χ3v) is 10.0. The lowest BCUT2D eigenvalue weighted by Crippen LogP contribution is -2.80. The number of carbonyl (C=O) groups excluding carboxylic acids is 2. The van der Waals surface area contributed by atoms with Gasteiger partial charge in [-0.3, -0.25) is 4.79 Å². The molecule has 0 amide bonds. The molecule has 9 atom stereocenters. The molecule has 1 heterocycles. The number of esters is 2. The summed E-state index contributed by atoms with van der Waals surface area (Å²) in [4.78, 5) is 26.0. The van der Waals surface area contributed by atoms with E-state index in [9.17, 15) is 30.0 Å². The predicted octanol–water partition coefficient (Wildman–Crippen LogP) is 1.90. The van der Waals surface area contributed by atoms with Crippen LogP contribution in [0.2, 0.25) is 0 Å². The molecule has 5 rings (SSSR count). The van der Waals surface area contributed by atoms with Gasteiger partial charge in [0.2, 0.25) is 0 Å². The van der Waals surface area contributed by atoms with Gasteiger partial charge in [0.15, 0.2) is 5.60 Å². The molecule has 2 bridgehead atoms. The lowest BCUT2D eigenvalue weighted by molar-refractivity contribution is -0.348. The van der Waals surface area contributed by atoms with Gasteiger partial charge in [0, 0.05) is 24.2 Å². The number of fused-ring (bicyclic) bond motifs is 5. The fourth-order valence-corrected chi connectivity index (χ4v) is 7.90. The Balaban J connectivity index is 1.78. The average molecular weight is 531 g/mol. The van der Waals surface area contributed by atoms with Crippen LogP contribution in [0, 0.1) is 16.7 Å². The summed E-state index contributed by atoms with van der Waals surface area (Å²) in [6.07, 6.45) is -5.22. The highest BCUT2D eigenvalue weighted by Crippen LogP contribution is 2.64. The van der Waals surface area contributed by atoms with Crippen molar-refractivity contribution in [2.75, 3.05) is 6.61 Å². The number of hydrogen-bond acceptors (Lipinski definition) is 9. The van der Waals surface area contributed by atoms with Crippen LogP contribution in [0.15, 0.2) is 41.5 Å². The molecule has 1 aromatic carbocycles. The van der Waals surface area contributed by atoms with Gasteiger partial charge in [-0.25, -0.2) is 4.79 Å². The van der Waals surface area contributed by atoms with E-state index in [0.717, 1.165) is 0 Å². The van der Waals surface area contributed by atoms with Crippen molar-refractivity contribution >= 4 is 11.9 Å². The molecular formula is C29H38O9. The fraction of sp³-hybridized carbons (Fsp3) is 0.655. The third kappa shape index (κ3) is 3.55.